The van der Waals surface area contributed by atoms with Gasteiger partial charge in [0.25, 0.3) is 0 Å². The van der Waals surface area contributed by atoms with Crippen molar-refractivity contribution in [3.8, 4) is 0 Å². The van der Waals surface area contributed by atoms with Gasteiger partial charge in [-0.15, -0.1) is 0 Å². The van der Waals surface area contributed by atoms with E-state index in [0.717, 1.165) is 0 Å². The Bertz CT molecular complexity index is 176. The molecule has 0 aromatic heterocycles. The van der Waals surface area contributed by atoms with Crippen LogP contribution >= 0.6 is 0 Å². The maximum Gasteiger partial charge on any atom is 0.334 e. The van der Waals surface area contributed by atoms with Crippen LogP contribution in [0.3, 0.4) is 0 Å². The van der Waals surface area contributed by atoms with Crippen LogP contribution in [0.5, 0.6) is 0 Å². The van der Waals surface area contributed by atoms with Gasteiger partial charge in [0, 0.05) is 13.5 Å². The zero-order valence-electron chi connectivity index (χ0n) is 6.99. The fourth-order valence-corrected chi connectivity index (χ4v) is 0.887. The third-order valence-corrected chi connectivity index (χ3v) is 1.40. The van der Waals surface area contributed by atoms with Crippen LogP contribution in [0.15, 0.2) is 12.2 Å². The van der Waals surface area contributed by atoms with Gasteiger partial charge >= 0.3 is 5.97 Å². The summed E-state index contributed by atoms with van der Waals surface area (Å²) in [5.41, 5.74) is 0. The Morgan fingerprint density at radius 2 is 2.50 bits per heavy atom. The summed E-state index contributed by atoms with van der Waals surface area (Å²) in [7, 11) is 1.45. The number of rotatable bonds is 3. The standard InChI is InChI=1S/C8H12O4/c1-10-6-7(9)12-8-4-2-3-5-11-8/h2-3,8H,4-6H2,1H3. The SMILES string of the molecule is COCC(=O)OC1CC=CCO1. The minimum absolute atomic E-state index is 0.0242. The molecule has 4 heteroatoms. The van der Waals surface area contributed by atoms with Crippen LogP contribution in [-0.2, 0) is 19.0 Å². The first-order valence-electron chi connectivity index (χ1n) is 3.78. The van der Waals surface area contributed by atoms with E-state index in [9.17, 15) is 4.79 Å². The van der Waals surface area contributed by atoms with E-state index in [0.29, 0.717) is 13.0 Å². The first-order valence-corrected chi connectivity index (χ1v) is 3.78. The molecule has 0 saturated carbocycles. The molecule has 0 fully saturated rings. The van der Waals surface area contributed by atoms with Crippen molar-refractivity contribution in [2.75, 3.05) is 20.3 Å². The minimum atomic E-state index is -0.433. The number of carbonyl (C=O) groups excluding carboxylic acids is 1. The molecule has 0 saturated heterocycles. The van der Waals surface area contributed by atoms with Crippen LogP contribution < -0.4 is 0 Å². The zero-order valence-corrected chi connectivity index (χ0v) is 6.99. The van der Waals surface area contributed by atoms with Gasteiger partial charge in [-0.05, 0) is 0 Å². The molecule has 0 radical (unpaired) electrons. The third kappa shape index (κ3) is 3.02. The lowest BCUT2D eigenvalue weighted by Crippen LogP contribution is -2.25. The maximum atomic E-state index is 10.9. The van der Waals surface area contributed by atoms with Crippen LogP contribution in [0.1, 0.15) is 6.42 Å². The smallest absolute Gasteiger partial charge is 0.334 e. The highest BCUT2D eigenvalue weighted by molar-refractivity contribution is 5.70. The molecule has 1 atom stereocenters. The van der Waals surface area contributed by atoms with Crippen LogP contribution in [-0.4, -0.2) is 32.6 Å². The molecular weight excluding hydrogens is 160 g/mol. The van der Waals surface area contributed by atoms with E-state index < -0.39 is 12.3 Å². The summed E-state index contributed by atoms with van der Waals surface area (Å²) in [6.07, 6.45) is 4.00. The molecule has 1 aliphatic rings. The highest BCUT2D eigenvalue weighted by Crippen LogP contribution is 2.07. The van der Waals surface area contributed by atoms with Crippen molar-refractivity contribution >= 4 is 5.97 Å². The summed E-state index contributed by atoms with van der Waals surface area (Å²) in [5, 5.41) is 0. The van der Waals surface area contributed by atoms with E-state index in [-0.39, 0.29) is 6.61 Å². The second-order valence-electron chi connectivity index (χ2n) is 2.39. The van der Waals surface area contributed by atoms with Gasteiger partial charge in [0.15, 0.2) is 0 Å². The van der Waals surface area contributed by atoms with E-state index in [2.05, 4.69) is 4.74 Å². The van der Waals surface area contributed by atoms with E-state index in [1.54, 1.807) is 0 Å². The number of esters is 1. The lowest BCUT2D eigenvalue weighted by molar-refractivity contribution is -0.180. The Balaban J connectivity index is 2.21. The van der Waals surface area contributed by atoms with Crippen molar-refractivity contribution in [1.29, 1.82) is 0 Å². The molecule has 0 aromatic rings. The predicted molar refractivity (Wildman–Crippen MR) is 41.5 cm³/mol. The van der Waals surface area contributed by atoms with Crippen molar-refractivity contribution in [2.45, 2.75) is 12.7 Å². The average molecular weight is 172 g/mol. The van der Waals surface area contributed by atoms with Crippen LogP contribution in [0, 0.1) is 0 Å². The highest BCUT2D eigenvalue weighted by Gasteiger charge is 2.14. The molecule has 0 bridgehead atoms. The average Bonchev–Trinajstić information content (AvgIpc) is 2.06. The molecule has 0 amide bonds. The maximum absolute atomic E-state index is 10.9. The van der Waals surface area contributed by atoms with Crippen molar-refractivity contribution in [2.24, 2.45) is 0 Å². The second kappa shape index (κ2) is 4.90. The molecule has 0 aliphatic carbocycles. The lowest BCUT2D eigenvalue weighted by Gasteiger charge is -2.18. The quantitative estimate of drug-likeness (QED) is 0.458. The van der Waals surface area contributed by atoms with Crippen molar-refractivity contribution < 1.29 is 19.0 Å². The van der Waals surface area contributed by atoms with E-state index in [1.807, 2.05) is 12.2 Å². The second-order valence-corrected chi connectivity index (χ2v) is 2.39. The number of hydrogen-bond donors (Lipinski definition) is 0. The van der Waals surface area contributed by atoms with Gasteiger partial charge in [-0.1, -0.05) is 12.2 Å². The molecule has 0 aromatic carbocycles. The van der Waals surface area contributed by atoms with Gasteiger partial charge in [0.05, 0.1) is 6.61 Å². The summed E-state index contributed by atoms with van der Waals surface area (Å²) in [5.74, 6) is -0.391. The Kier molecular flexibility index (Phi) is 3.76. The van der Waals surface area contributed by atoms with Gasteiger partial charge in [0.1, 0.15) is 6.61 Å². The van der Waals surface area contributed by atoms with Gasteiger partial charge in [-0.3, -0.25) is 0 Å². The zero-order chi connectivity index (χ0) is 8.81. The van der Waals surface area contributed by atoms with Crippen molar-refractivity contribution in [3.63, 3.8) is 0 Å². The van der Waals surface area contributed by atoms with Crippen molar-refractivity contribution in [3.05, 3.63) is 12.2 Å². The van der Waals surface area contributed by atoms with Gasteiger partial charge in [-0.25, -0.2) is 4.79 Å². The fraction of sp³-hybridized carbons (Fsp3) is 0.625. The Morgan fingerprint density at radius 3 is 3.08 bits per heavy atom. The topological polar surface area (TPSA) is 44.8 Å². The van der Waals surface area contributed by atoms with Crippen LogP contribution in [0.2, 0.25) is 0 Å². The molecule has 0 spiro atoms. The van der Waals surface area contributed by atoms with Gasteiger partial charge in [0.2, 0.25) is 6.29 Å². The van der Waals surface area contributed by atoms with Crippen LogP contribution in [0.25, 0.3) is 0 Å². The summed E-state index contributed by atoms with van der Waals surface area (Å²) in [4.78, 5) is 10.9. The first-order chi connectivity index (χ1) is 5.83. The Labute approximate surface area is 71.1 Å². The molecule has 4 nitrogen and oxygen atoms in total. The van der Waals surface area contributed by atoms with Gasteiger partial charge in [-0.2, -0.15) is 0 Å². The molecule has 68 valence electrons. The summed E-state index contributed by atoms with van der Waals surface area (Å²) < 4.78 is 14.6. The van der Waals surface area contributed by atoms with Gasteiger partial charge < -0.3 is 14.2 Å². The number of hydrogen-bond acceptors (Lipinski definition) is 4. The molecule has 1 aliphatic heterocycles. The fourth-order valence-electron chi connectivity index (χ4n) is 0.887. The third-order valence-electron chi connectivity index (χ3n) is 1.40. The summed E-state index contributed by atoms with van der Waals surface area (Å²) in [6, 6.07) is 0. The molecule has 0 N–H and O–H groups in total. The molecule has 1 rings (SSSR count). The molecular formula is C8H12O4. The number of methoxy groups -OCH3 is 1. The monoisotopic (exact) mass is 172 g/mol. The first kappa shape index (κ1) is 9.22. The molecule has 1 heterocycles. The van der Waals surface area contributed by atoms with E-state index in [4.69, 9.17) is 9.47 Å². The van der Waals surface area contributed by atoms with E-state index in [1.165, 1.54) is 7.11 Å². The molecule has 1 unspecified atom stereocenters. The van der Waals surface area contributed by atoms with Crippen LogP contribution in [0.4, 0.5) is 0 Å². The lowest BCUT2D eigenvalue weighted by atomic mass is 10.3. The summed E-state index contributed by atoms with van der Waals surface area (Å²) >= 11 is 0. The van der Waals surface area contributed by atoms with Crippen molar-refractivity contribution in [1.82, 2.24) is 0 Å². The highest BCUT2D eigenvalue weighted by atomic mass is 16.7. The largest absolute Gasteiger partial charge is 0.434 e. The number of carbonyl (C=O) groups is 1. The number of ether oxygens (including phenoxy) is 3. The Hall–Kier alpha value is -0.870. The van der Waals surface area contributed by atoms with E-state index >= 15 is 0 Å². The Morgan fingerprint density at radius 1 is 1.67 bits per heavy atom. The predicted octanol–water partition coefficient (Wildman–Crippen LogP) is 0.479. The minimum Gasteiger partial charge on any atom is -0.434 e. The molecule has 12 heavy (non-hydrogen) atoms. The summed E-state index contributed by atoms with van der Waals surface area (Å²) in [6.45, 7) is 0.481. The normalized spacial score (nSPS) is 22.2.